The minimum absolute atomic E-state index is 0.0884. The second-order valence-electron chi connectivity index (χ2n) is 6.06. The summed E-state index contributed by atoms with van der Waals surface area (Å²) < 4.78 is 15.2. The van der Waals surface area contributed by atoms with Crippen LogP contribution in [0.2, 0.25) is 5.02 Å². The number of anilines is 1. The highest BCUT2D eigenvalue weighted by Gasteiger charge is 2.21. The zero-order valence-electron chi connectivity index (χ0n) is 15.5. The van der Waals surface area contributed by atoms with Gasteiger partial charge in [-0.1, -0.05) is 41.0 Å². The van der Waals surface area contributed by atoms with Crippen LogP contribution < -0.4 is 5.32 Å². The highest BCUT2D eigenvalue weighted by atomic mass is 35.5. The molecule has 0 aliphatic heterocycles. The van der Waals surface area contributed by atoms with Gasteiger partial charge in [0.25, 0.3) is 5.91 Å². The third-order valence-corrected chi connectivity index (χ3v) is 4.37. The summed E-state index contributed by atoms with van der Waals surface area (Å²) in [4.78, 5) is 17.3. The van der Waals surface area contributed by atoms with Crippen LogP contribution in [0.3, 0.4) is 0 Å². The number of aryl methyl sites for hydroxylation is 2. The first-order valence-corrected chi connectivity index (χ1v) is 8.75. The number of carbonyl (C=O) groups is 1. The number of hydrogen-bond donors (Lipinski definition) is 1. The van der Waals surface area contributed by atoms with E-state index in [9.17, 15) is 9.18 Å². The van der Waals surface area contributed by atoms with Crippen molar-refractivity contribution in [3.8, 4) is 11.1 Å². The van der Waals surface area contributed by atoms with Gasteiger partial charge in [-0.25, -0.2) is 4.68 Å². The normalized spacial score (nSPS) is 11.0. The standard InChI is InChI=1S/C20H18ClFN4O2/c1-12-18(19(22)26(2)25-12)20(27)24-17-9-8-15(21)10-16(17)14-6-4-13(5-7-14)11-23-28-3/h4-11H,1-3H3,(H,24,27). The largest absolute Gasteiger partial charge is 0.399 e. The van der Waals surface area contributed by atoms with Crippen molar-refractivity contribution < 1.29 is 14.0 Å². The molecule has 144 valence electrons. The van der Waals surface area contributed by atoms with E-state index in [-0.39, 0.29) is 5.56 Å². The van der Waals surface area contributed by atoms with Crippen LogP contribution in [0.5, 0.6) is 0 Å². The lowest BCUT2D eigenvalue weighted by Gasteiger charge is -2.12. The number of halogens is 2. The predicted octanol–water partition coefficient (Wildman–Crippen LogP) is 4.42. The molecule has 0 spiro atoms. The van der Waals surface area contributed by atoms with Crippen molar-refractivity contribution in [2.75, 3.05) is 12.4 Å². The van der Waals surface area contributed by atoms with Gasteiger partial charge in [-0.2, -0.15) is 9.49 Å². The van der Waals surface area contributed by atoms with Gasteiger partial charge in [0.1, 0.15) is 12.7 Å². The average Bonchev–Trinajstić information content (AvgIpc) is 2.93. The number of carbonyl (C=O) groups excluding carboxylic acids is 1. The van der Waals surface area contributed by atoms with E-state index in [0.717, 1.165) is 15.8 Å². The second-order valence-corrected chi connectivity index (χ2v) is 6.49. The molecular weight excluding hydrogens is 383 g/mol. The molecule has 0 saturated heterocycles. The van der Waals surface area contributed by atoms with Crippen molar-refractivity contribution in [3.63, 3.8) is 0 Å². The Labute approximate surface area is 166 Å². The molecule has 28 heavy (non-hydrogen) atoms. The minimum atomic E-state index is -0.688. The molecule has 0 unspecified atom stereocenters. The van der Waals surface area contributed by atoms with Gasteiger partial charge in [0, 0.05) is 23.3 Å². The third kappa shape index (κ3) is 4.04. The number of amides is 1. The SMILES string of the molecule is CON=Cc1ccc(-c2cc(Cl)ccc2NC(=O)c2c(C)nn(C)c2F)cc1. The maximum absolute atomic E-state index is 14.2. The Morgan fingerprint density at radius 1 is 1.29 bits per heavy atom. The maximum atomic E-state index is 14.2. The molecule has 2 aromatic carbocycles. The number of nitrogens with one attached hydrogen (secondary N) is 1. The first kappa shape index (κ1) is 19.6. The van der Waals surface area contributed by atoms with Gasteiger partial charge < -0.3 is 10.2 Å². The van der Waals surface area contributed by atoms with Crippen LogP contribution in [0.15, 0.2) is 47.6 Å². The van der Waals surface area contributed by atoms with Crippen molar-refractivity contribution in [2.24, 2.45) is 12.2 Å². The van der Waals surface area contributed by atoms with Crippen molar-refractivity contribution in [3.05, 3.63) is 70.3 Å². The Morgan fingerprint density at radius 3 is 2.61 bits per heavy atom. The fraction of sp³-hybridized carbons (Fsp3) is 0.150. The van der Waals surface area contributed by atoms with Crippen molar-refractivity contribution in [1.29, 1.82) is 0 Å². The van der Waals surface area contributed by atoms with Crippen molar-refractivity contribution >= 4 is 29.4 Å². The highest BCUT2D eigenvalue weighted by Crippen LogP contribution is 2.31. The molecule has 0 saturated carbocycles. The number of benzene rings is 2. The average molecular weight is 401 g/mol. The monoisotopic (exact) mass is 400 g/mol. The van der Waals surface area contributed by atoms with Gasteiger partial charge in [-0.3, -0.25) is 4.79 Å². The first-order chi connectivity index (χ1) is 13.4. The fourth-order valence-electron chi connectivity index (χ4n) is 2.80. The highest BCUT2D eigenvalue weighted by molar-refractivity contribution is 6.31. The summed E-state index contributed by atoms with van der Waals surface area (Å²) in [7, 11) is 2.92. The molecule has 0 radical (unpaired) electrons. The van der Waals surface area contributed by atoms with E-state index in [1.165, 1.54) is 14.2 Å². The topological polar surface area (TPSA) is 68.5 Å². The van der Waals surface area contributed by atoms with Gasteiger partial charge in [0.15, 0.2) is 0 Å². The first-order valence-electron chi connectivity index (χ1n) is 8.37. The van der Waals surface area contributed by atoms with Gasteiger partial charge in [-0.15, -0.1) is 0 Å². The summed E-state index contributed by atoms with van der Waals surface area (Å²) in [6.07, 6.45) is 1.58. The molecule has 0 fully saturated rings. The van der Waals surface area contributed by atoms with Crippen LogP contribution in [0, 0.1) is 12.9 Å². The molecule has 3 aromatic rings. The molecular formula is C20H18ClFN4O2. The lowest BCUT2D eigenvalue weighted by atomic mass is 10.0. The van der Waals surface area contributed by atoms with Crippen LogP contribution in [0.25, 0.3) is 11.1 Å². The molecule has 8 heteroatoms. The van der Waals surface area contributed by atoms with Crippen molar-refractivity contribution in [1.82, 2.24) is 9.78 Å². The molecule has 1 amide bonds. The number of rotatable bonds is 5. The molecule has 1 N–H and O–H groups in total. The summed E-state index contributed by atoms with van der Waals surface area (Å²) in [6, 6.07) is 12.5. The van der Waals surface area contributed by atoms with E-state index in [4.69, 9.17) is 11.6 Å². The summed E-state index contributed by atoms with van der Waals surface area (Å²) >= 11 is 6.15. The van der Waals surface area contributed by atoms with Crippen LogP contribution in [0.4, 0.5) is 10.1 Å². The third-order valence-electron chi connectivity index (χ3n) is 4.14. The lowest BCUT2D eigenvalue weighted by Crippen LogP contribution is -2.15. The maximum Gasteiger partial charge on any atom is 0.262 e. The summed E-state index contributed by atoms with van der Waals surface area (Å²) in [5.41, 5.74) is 3.12. The summed E-state index contributed by atoms with van der Waals surface area (Å²) in [5, 5.41) is 10.9. The minimum Gasteiger partial charge on any atom is -0.399 e. The Bertz CT molecular complexity index is 1050. The van der Waals surface area contributed by atoms with Crippen LogP contribution in [0.1, 0.15) is 21.6 Å². The number of aromatic nitrogens is 2. The summed E-state index contributed by atoms with van der Waals surface area (Å²) in [5.74, 6) is -1.26. The number of hydrogen-bond acceptors (Lipinski definition) is 4. The van der Waals surface area contributed by atoms with Gasteiger partial charge in [0.05, 0.1) is 11.9 Å². The second kappa shape index (κ2) is 8.22. The molecule has 0 aliphatic rings. The zero-order chi connectivity index (χ0) is 20.3. The molecule has 3 rings (SSSR count). The van der Waals surface area contributed by atoms with Crippen LogP contribution >= 0.6 is 11.6 Å². The molecule has 0 atom stereocenters. The molecule has 6 nitrogen and oxygen atoms in total. The molecule has 0 aliphatic carbocycles. The van der Waals surface area contributed by atoms with Crippen LogP contribution in [-0.2, 0) is 11.9 Å². The van der Waals surface area contributed by atoms with E-state index >= 15 is 0 Å². The molecule has 1 aromatic heterocycles. The van der Waals surface area contributed by atoms with E-state index in [0.29, 0.717) is 22.0 Å². The number of nitrogens with zero attached hydrogens (tertiary/aromatic N) is 3. The Kier molecular flexibility index (Phi) is 5.75. The van der Waals surface area contributed by atoms with E-state index < -0.39 is 11.9 Å². The smallest absolute Gasteiger partial charge is 0.262 e. The number of oxime groups is 1. The van der Waals surface area contributed by atoms with E-state index in [1.54, 1.807) is 31.3 Å². The van der Waals surface area contributed by atoms with E-state index in [2.05, 4.69) is 20.4 Å². The van der Waals surface area contributed by atoms with Crippen molar-refractivity contribution in [2.45, 2.75) is 6.92 Å². The molecule has 0 bridgehead atoms. The molecule has 1 heterocycles. The fourth-order valence-corrected chi connectivity index (χ4v) is 2.97. The quantitative estimate of drug-likeness (QED) is 0.509. The lowest BCUT2D eigenvalue weighted by molar-refractivity contribution is 0.102. The van der Waals surface area contributed by atoms with Gasteiger partial charge >= 0.3 is 0 Å². The van der Waals surface area contributed by atoms with Crippen LogP contribution in [-0.4, -0.2) is 29.0 Å². The predicted molar refractivity (Wildman–Crippen MR) is 107 cm³/mol. The van der Waals surface area contributed by atoms with Gasteiger partial charge in [-0.05, 0) is 36.2 Å². The Hall–Kier alpha value is -3.19. The van der Waals surface area contributed by atoms with Gasteiger partial charge in [0.2, 0.25) is 5.95 Å². The Balaban J connectivity index is 1.95. The van der Waals surface area contributed by atoms with E-state index in [1.807, 2.05) is 24.3 Å². The zero-order valence-corrected chi connectivity index (χ0v) is 16.3. The summed E-state index contributed by atoms with van der Waals surface area (Å²) in [6.45, 7) is 1.58. The Morgan fingerprint density at radius 2 is 2.00 bits per heavy atom.